The highest BCUT2D eigenvalue weighted by atomic mass is 16.5. The number of hydrogen-bond donors (Lipinski definition) is 0. The van der Waals surface area contributed by atoms with Crippen molar-refractivity contribution in [2.24, 2.45) is 4.99 Å². The Bertz CT molecular complexity index is 61.9. The maximum absolute atomic E-state index is 4.86. The smallest absolute Gasteiger partial charge is 0.170 e. The largest absolute Gasteiger partial charge is 0.479 e. The summed E-state index contributed by atoms with van der Waals surface area (Å²) in [7, 11) is 0. The minimum absolute atomic E-state index is 0.324. The third kappa shape index (κ3) is 0.506. The van der Waals surface area contributed by atoms with Crippen molar-refractivity contribution in [2.75, 3.05) is 6.54 Å². The van der Waals surface area contributed by atoms with Crippen molar-refractivity contribution in [1.82, 2.24) is 0 Å². The van der Waals surface area contributed by atoms with Crippen LogP contribution in [0.5, 0.6) is 0 Å². The van der Waals surface area contributed by atoms with Crippen molar-refractivity contribution in [1.29, 1.82) is 0 Å². The first-order valence-electron chi connectivity index (χ1n) is 2.03. The molecule has 2 heteroatoms. The zero-order valence-corrected chi connectivity index (χ0v) is 3.72. The van der Waals surface area contributed by atoms with E-state index in [9.17, 15) is 0 Å². The minimum Gasteiger partial charge on any atom is -0.479 e. The Balaban J connectivity index is 2.32. The third-order valence-electron chi connectivity index (χ3n) is 0.730. The second-order valence-electron chi connectivity index (χ2n) is 1.42. The van der Waals surface area contributed by atoms with Crippen molar-refractivity contribution in [2.45, 2.75) is 13.0 Å². The molecule has 34 valence electrons. The van der Waals surface area contributed by atoms with E-state index in [1.54, 1.807) is 0 Å². The SMILES string of the molecule is CC1CN=CO1. The molecule has 0 aromatic carbocycles. The van der Waals surface area contributed by atoms with Gasteiger partial charge in [0.25, 0.3) is 0 Å². The molecule has 0 N–H and O–H groups in total. The Kier molecular flexibility index (Phi) is 0.783. The van der Waals surface area contributed by atoms with E-state index in [0.29, 0.717) is 6.10 Å². The van der Waals surface area contributed by atoms with Gasteiger partial charge in [-0.15, -0.1) is 0 Å². The van der Waals surface area contributed by atoms with E-state index in [4.69, 9.17) is 4.74 Å². The van der Waals surface area contributed by atoms with Crippen molar-refractivity contribution in [3.8, 4) is 0 Å². The molecule has 0 aromatic rings. The molecule has 0 spiro atoms. The summed E-state index contributed by atoms with van der Waals surface area (Å²) in [5.41, 5.74) is 0. The van der Waals surface area contributed by atoms with Crippen LogP contribution in [0.1, 0.15) is 6.92 Å². The number of aliphatic imine (C=N–C) groups is 1. The van der Waals surface area contributed by atoms with Crippen molar-refractivity contribution in [3.05, 3.63) is 0 Å². The fourth-order valence-corrected chi connectivity index (χ4v) is 0.381. The Hall–Kier alpha value is -0.530. The summed E-state index contributed by atoms with van der Waals surface area (Å²) < 4.78 is 4.86. The molecular weight excluding hydrogens is 78.0 g/mol. The Labute approximate surface area is 36.8 Å². The molecule has 0 saturated heterocycles. The van der Waals surface area contributed by atoms with Crippen LogP contribution in [0.4, 0.5) is 0 Å². The van der Waals surface area contributed by atoms with E-state index in [1.165, 1.54) is 6.40 Å². The summed E-state index contributed by atoms with van der Waals surface area (Å²) in [6.45, 7) is 2.83. The van der Waals surface area contributed by atoms with Crippen LogP contribution < -0.4 is 0 Å². The highest BCUT2D eigenvalue weighted by Crippen LogP contribution is 1.93. The van der Waals surface area contributed by atoms with Gasteiger partial charge in [-0.2, -0.15) is 0 Å². The van der Waals surface area contributed by atoms with Crippen LogP contribution in [-0.2, 0) is 4.74 Å². The fourth-order valence-electron chi connectivity index (χ4n) is 0.381. The summed E-state index contributed by atoms with van der Waals surface area (Å²) >= 11 is 0. The van der Waals surface area contributed by atoms with Gasteiger partial charge in [0.05, 0.1) is 6.54 Å². The molecule has 1 heterocycles. The summed E-state index contributed by atoms with van der Waals surface area (Å²) in [6, 6.07) is 0. The van der Waals surface area contributed by atoms with Gasteiger partial charge in [0.15, 0.2) is 6.40 Å². The van der Waals surface area contributed by atoms with Gasteiger partial charge in [0, 0.05) is 0 Å². The molecule has 0 aromatic heterocycles. The molecule has 1 unspecified atom stereocenters. The average Bonchev–Trinajstić information content (AvgIpc) is 1.86. The molecule has 0 aliphatic carbocycles. The van der Waals surface area contributed by atoms with Gasteiger partial charge in [-0.3, -0.25) is 4.99 Å². The Morgan fingerprint density at radius 3 is 3.00 bits per heavy atom. The van der Waals surface area contributed by atoms with Gasteiger partial charge >= 0.3 is 0 Å². The molecule has 0 radical (unpaired) electrons. The Morgan fingerprint density at radius 1 is 2.00 bits per heavy atom. The quantitative estimate of drug-likeness (QED) is 0.418. The molecule has 1 aliphatic heterocycles. The van der Waals surface area contributed by atoms with Crippen LogP contribution in [0.3, 0.4) is 0 Å². The molecule has 0 amide bonds. The van der Waals surface area contributed by atoms with E-state index in [0.717, 1.165) is 6.54 Å². The molecule has 1 aliphatic rings. The monoisotopic (exact) mass is 85.1 g/mol. The highest BCUT2D eigenvalue weighted by molar-refractivity contribution is 5.48. The number of rotatable bonds is 0. The second kappa shape index (κ2) is 1.29. The predicted octanol–water partition coefficient (Wildman–Crippen LogP) is 0.433. The van der Waals surface area contributed by atoms with Crippen molar-refractivity contribution >= 4 is 6.40 Å². The zero-order chi connectivity index (χ0) is 4.41. The molecule has 2 nitrogen and oxygen atoms in total. The molecule has 6 heavy (non-hydrogen) atoms. The number of ether oxygens (including phenoxy) is 1. The third-order valence-corrected chi connectivity index (χ3v) is 0.730. The van der Waals surface area contributed by atoms with Gasteiger partial charge in [-0.25, -0.2) is 0 Å². The highest BCUT2D eigenvalue weighted by Gasteiger charge is 2.01. The van der Waals surface area contributed by atoms with Gasteiger partial charge < -0.3 is 4.74 Å². The Morgan fingerprint density at radius 2 is 2.83 bits per heavy atom. The second-order valence-corrected chi connectivity index (χ2v) is 1.42. The maximum atomic E-state index is 4.86. The van der Waals surface area contributed by atoms with E-state index in [2.05, 4.69) is 4.99 Å². The molecule has 0 bridgehead atoms. The standard InChI is InChI=1S/C4H7NO/c1-4-2-5-3-6-4/h3-4H,2H2,1H3. The topological polar surface area (TPSA) is 21.6 Å². The van der Waals surface area contributed by atoms with Crippen molar-refractivity contribution in [3.63, 3.8) is 0 Å². The van der Waals surface area contributed by atoms with E-state index < -0.39 is 0 Å². The lowest BCUT2D eigenvalue weighted by atomic mass is 10.4. The van der Waals surface area contributed by atoms with E-state index >= 15 is 0 Å². The lowest BCUT2D eigenvalue weighted by Crippen LogP contribution is -2.01. The summed E-state index contributed by atoms with van der Waals surface area (Å²) in [5, 5.41) is 0. The first-order valence-corrected chi connectivity index (χ1v) is 2.03. The van der Waals surface area contributed by atoms with Gasteiger partial charge in [-0.05, 0) is 6.92 Å². The molecule has 0 saturated carbocycles. The van der Waals surface area contributed by atoms with Gasteiger partial charge in [0.2, 0.25) is 0 Å². The predicted molar refractivity (Wildman–Crippen MR) is 23.9 cm³/mol. The average molecular weight is 85.1 g/mol. The summed E-state index contributed by atoms with van der Waals surface area (Å²) in [5.74, 6) is 0. The van der Waals surface area contributed by atoms with Crippen LogP contribution >= 0.6 is 0 Å². The first-order chi connectivity index (χ1) is 2.89. The van der Waals surface area contributed by atoms with Crippen LogP contribution in [0.25, 0.3) is 0 Å². The summed E-state index contributed by atoms with van der Waals surface area (Å²) in [6.07, 6.45) is 1.83. The van der Waals surface area contributed by atoms with Crippen LogP contribution in [-0.4, -0.2) is 19.0 Å². The van der Waals surface area contributed by atoms with E-state index in [-0.39, 0.29) is 0 Å². The molecular formula is C4H7NO. The first kappa shape index (κ1) is 3.65. The van der Waals surface area contributed by atoms with Crippen molar-refractivity contribution < 1.29 is 4.74 Å². The van der Waals surface area contributed by atoms with Crippen LogP contribution in [0.2, 0.25) is 0 Å². The van der Waals surface area contributed by atoms with E-state index in [1.807, 2.05) is 6.92 Å². The number of nitrogens with zero attached hydrogens (tertiary/aromatic N) is 1. The van der Waals surface area contributed by atoms with Crippen LogP contribution in [0, 0.1) is 0 Å². The fraction of sp³-hybridized carbons (Fsp3) is 0.750. The lowest BCUT2D eigenvalue weighted by molar-refractivity contribution is 0.256. The van der Waals surface area contributed by atoms with Gasteiger partial charge in [-0.1, -0.05) is 0 Å². The zero-order valence-electron chi connectivity index (χ0n) is 3.72. The summed E-state index contributed by atoms with van der Waals surface area (Å²) in [4.78, 5) is 3.82. The normalized spacial score (nSPS) is 30.5. The molecule has 1 rings (SSSR count). The minimum atomic E-state index is 0.324. The van der Waals surface area contributed by atoms with Gasteiger partial charge in [0.1, 0.15) is 6.10 Å². The number of hydrogen-bond acceptors (Lipinski definition) is 2. The maximum Gasteiger partial charge on any atom is 0.170 e. The van der Waals surface area contributed by atoms with Crippen LogP contribution in [0.15, 0.2) is 4.99 Å². The molecule has 0 fully saturated rings. The molecule has 1 atom stereocenters. The lowest BCUT2D eigenvalue weighted by Gasteiger charge is -1.94.